The van der Waals surface area contributed by atoms with Crippen molar-refractivity contribution in [3.8, 4) is 11.9 Å². The molecule has 0 spiro atoms. The summed E-state index contributed by atoms with van der Waals surface area (Å²) in [6, 6.07) is 5.17. The van der Waals surface area contributed by atoms with E-state index in [0.29, 0.717) is 19.4 Å². The third-order valence-electron chi connectivity index (χ3n) is 3.92. The van der Waals surface area contributed by atoms with Gasteiger partial charge in [-0.15, -0.1) is 0 Å². The van der Waals surface area contributed by atoms with Crippen molar-refractivity contribution in [1.29, 1.82) is 5.26 Å². The highest BCUT2D eigenvalue weighted by Gasteiger charge is 2.32. The van der Waals surface area contributed by atoms with E-state index in [1.165, 1.54) is 22.8 Å². The molecule has 10 heteroatoms. The van der Waals surface area contributed by atoms with Gasteiger partial charge in [-0.2, -0.15) is 9.57 Å². The summed E-state index contributed by atoms with van der Waals surface area (Å²) >= 11 is 5.70. The topological polar surface area (TPSA) is 96.2 Å². The fraction of sp³-hybridized carbons (Fsp3) is 0.312. The van der Waals surface area contributed by atoms with Crippen molar-refractivity contribution in [2.45, 2.75) is 23.8 Å². The van der Waals surface area contributed by atoms with Gasteiger partial charge in [-0.1, -0.05) is 11.6 Å². The zero-order valence-corrected chi connectivity index (χ0v) is 15.0. The minimum absolute atomic E-state index is 0.0396. The quantitative estimate of drug-likeness (QED) is 0.787. The van der Waals surface area contributed by atoms with Crippen LogP contribution in [0.25, 0.3) is 0 Å². The van der Waals surface area contributed by atoms with Crippen molar-refractivity contribution in [1.82, 2.24) is 14.3 Å². The van der Waals surface area contributed by atoms with Gasteiger partial charge in [0.2, 0.25) is 15.7 Å². The van der Waals surface area contributed by atoms with E-state index in [0.717, 1.165) is 12.1 Å². The molecule has 2 aromatic rings. The average molecular weight is 397 g/mol. The fourth-order valence-electron chi connectivity index (χ4n) is 2.65. The van der Waals surface area contributed by atoms with Crippen LogP contribution < -0.4 is 4.74 Å². The molecule has 26 heavy (non-hydrogen) atoms. The Bertz CT molecular complexity index is 964. The lowest BCUT2D eigenvalue weighted by molar-refractivity contribution is 0.124. The van der Waals surface area contributed by atoms with Gasteiger partial charge < -0.3 is 4.74 Å². The predicted molar refractivity (Wildman–Crippen MR) is 90.6 cm³/mol. The van der Waals surface area contributed by atoms with Gasteiger partial charge in [-0.3, -0.25) is 0 Å². The zero-order chi connectivity index (χ0) is 18.7. The Morgan fingerprint density at radius 1 is 1.35 bits per heavy atom. The van der Waals surface area contributed by atoms with Crippen molar-refractivity contribution in [3.63, 3.8) is 0 Å². The van der Waals surface area contributed by atoms with E-state index in [4.69, 9.17) is 21.6 Å². The molecule has 1 aromatic carbocycles. The average Bonchev–Trinajstić information content (AvgIpc) is 2.64. The van der Waals surface area contributed by atoms with E-state index in [-0.39, 0.29) is 28.0 Å². The molecule has 7 nitrogen and oxygen atoms in total. The lowest BCUT2D eigenvalue weighted by atomic mass is 10.1. The molecule has 0 radical (unpaired) electrons. The number of sulfonamides is 1. The third kappa shape index (κ3) is 3.77. The van der Waals surface area contributed by atoms with Crippen molar-refractivity contribution >= 4 is 21.6 Å². The van der Waals surface area contributed by atoms with Crippen LogP contribution in [0.5, 0.6) is 5.88 Å². The highest BCUT2D eigenvalue weighted by Crippen LogP contribution is 2.26. The maximum atomic E-state index is 13.3. The first-order valence-corrected chi connectivity index (χ1v) is 9.56. The number of nitrogens with zero attached hydrogens (tertiary/aromatic N) is 4. The molecule has 1 saturated heterocycles. The molecule has 1 aliphatic heterocycles. The predicted octanol–water partition coefficient (Wildman–Crippen LogP) is 2.37. The molecule has 1 aliphatic rings. The van der Waals surface area contributed by atoms with Crippen LogP contribution in [-0.2, 0) is 10.0 Å². The van der Waals surface area contributed by atoms with Gasteiger partial charge in [-0.25, -0.2) is 22.8 Å². The summed E-state index contributed by atoms with van der Waals surface area (Å²) in [6.07, 6.45) is 3.48. The summed E-state index contributed by atoms with van der Waals surface area (Å²) in [5.41, 5.74) is 0.0396. The first-order chi connectivity index (χ1) is 12.4. The van der Waals surface area contributed by atoms with E-state index in [1.807, 2.05) is 6.07 Å². The number of ether oxygens (including phenoxy) is 1. The number of nitriles is 1. The standard InChI is InChI=1S/C16H14ClFN4O3S/c17-13-8-12(3-4-14(13)18)26(23,24)22-7-1-2-11(10-22)25-16-15(9-19)20-5-6-21-16/h3-6,8,11H,1-2,7,10H2. The van der Waals surface area contributed by atoms with Crippen molar-refractivity contribution < 1.29 is 17.5 Å². The number of benzene rings is 1. The summed E-state index contributed by atoms with van der Waals surface area (Å²) in [5.74, 6) is -0.610. The number of halogens is 2. The molecule has 0 aliphatic carbocycles. The Morgan fingerprint density at radius 3 is 2.85 bits per heavy atom. The minimum Gasteiger partial charge on any atom is -0.471 e. The summed E-state index contributed by atoms with van der Waals surface area (Å²) in [7, 11) is -3.84. The van der Waals surface area contributed by atoms with Crippen LogP contribution in [0, 0.1) is 17.1 Å². The molecule has 1 atom stereocenters. The van der Waals surface area contributed by atoms with E-state index in [2.05, 4.69) is 9.97 Å². The maximum Gasteiger partial charge on any atom is 0.251 e. The largest absolute Gasteiger partial charge is 0.471 e. The second kappa shape index (κ2) is 7.53. The summed E-state index contributed by atoms with van der Waals surface area (Å²) < 4.78 is 45.8. The second-order valence-electron chi connectivity index (χ2n) is 5.64. The Kier molecular flexibility index (Phi) is 5.36. The fourth-order valence-corrected chi connectivity index (χ4v) is 4.43. The molecule has 3 rings (SSSR count). The highest BCUT2D eigenvalue weighted by atomic mass is 35.5. The van der Waals surface area contributed by atoms with Gasteiger partial charge in [-0.05, 0) is 31.0 Å². The molecule has 1 fully saturated rings. The number of rotatable bonds is 4. The van der Waals surface area contributed by atoms with Gasteiger partial charge in [0, 0.05) is 18.9 Å². The van der Waals surface area contributed by atoms with Crippen molar-refractivity contribution in [3.05, 3.63) is 47.1 Å². The molecule has 136 valence electrons. The van der Waals surface area contributed by atoms with Gasteiger partial charge >= 0.3 is 0 Å². The lowest BCUT2D eigenvalue weighted by Crippen LogP contribution is -2.44. The molecule has 0 amide bonds. The summed E-state index contributed by atoms with van der Waals surface area (Å²) in [6.45, 7) is 0.390. The lowest BCUT2D eigenvalue weighted by Gasteiger charge is -2.31. The Labute approximate surface area is 155 Å². The van der Waals surface area contributed by atoms with Gasteiger partial charge in [0.15, 0.2) is 0 Å². The first kappa shape index (κ1) is 18.5. The van der Waals surface area contributed by atoms with E-state index >= 15 is 0 Å². The monoisotopic (exact) mass is 396 g/mol. The van der Waals surface area contributed by atoms with Crippen LogP contribution in [0.3, 0.4) is 0 Å². The summed E-state index contributed by atoms with van der Waals surface area (Å²) in [4.78, 5) is 7.76. The first-order valence-electron chi connectivity index (χ1n) is 7.75. The smallest absolute Gasteiger partial charge is 0.251 e. The number of aromatic nitrogens is 2. The van der Waals surface area contributed by atoms with Crippen LogP contribution >= 0.6 is 11.6 Å². The van der Waals surface area contributed by atoms with Gasteiger partial charge in [0.05, 0.1) is 16.5 Å². The normalized spacial score (nSPS) is 18.3. The molecule has 0 bridgehead atoms. The molecule has 1 aromatic heterocycles. The van der Waals surface area contributed by atoms with E-state index in [1.54, 1.807) is 0 Å². The zero-order valence-electron chi connectivity index (χ0n) is 13.5. The van der Waals surface area contributed by atoms with Crippen LogP contribution in [0.1, 0.15) is 18.5 Å². The Morgan fingerprint density at radius 2 is 2.12 bits per heavy atom. The van der Waals surface area contributed by atoms with Crippen molar-refractivity contribution in [2.24, 2.45) is 0 Å². The molecular weight excluding hydrogens is 383 g/mol. The van der Waals surface area contributed by atoms with E-state index < -0.39 is 21.9 Å². The number of piperidine rings is 1. The van der Waals surface area contributed by atoms with Gasteiger partial charge in [0.25, 0.3) is 5.88 Å². The highest BCUT2D eigenvalue weighted by molar-refractivity contribution is 7.89. The maximum absolute atomic E-state index is 13.3. The van der Waals surface area contributed by atoms with Crippen LogP contribution in [0.15, 0.2) is 35.5 Å². The number of hydrogen-bond acceptors (Lipinski definition) is 6. The number of hydrogen-bond donors (Lipinski definition) is 0. The van der Waals surface area contributed by atoms with Crippen molar-refractivity contribution in [2.75, 3.05) is 13.1 Å². The Balaban J connectivity index is 1.79. The molecule has 2 heterocycles. The van der Waals surface area contributed by atoms with Crippen LogP contribution in [0.2, 0.25) is 5.02 Å². The summed E-state index contributed by atoms with van der Waals surface area (Å²) in [5, 5.41) is 8.79. The van der Waals surface area contributed by atoms with E-state index in [9.17, 15) is 12.8 Å². The van der Waals surface area contributed by atoms with Crippen LogP contribution in [0.4, 0.5) is 4.39 Å². The third-order valence-corrected chi connectivity index (χ3v) is 6.07. The molecule has 0 saturated carbocycles. The SMILES string of the molecule is N#Cc1nccnc1OC1CCCN(S(=O)(=O)c2ccc(F)c(Cl)c2)C1. The second-order valence-corrected chi connectivity index (χ2v) is 7.99. The minimum atomic E-state index is -3.84. The molecule has 1 unspecified atom stereocenters. The molecular formula is C16H14ClFN4O3S. The Hall–Kier alpha value is -2.28. The van der Waals surface area contributed by atoms with Gasteiger partial charge in [0.1, 0.15) is 18.0 Å². The van der Waals surface area contributed by atoms with Crippen LogP contribution in [-0.4, -0.2) is 41.9 Å². The molecule has 0 N–H and O–H groups in total.